The van der Waals surface area contributed by atoms with E-state index >= 15 is 0 Å². The smallest absolute Gasteiger partial charge is 0.0500 e. The monoisotopic (exact) mass is 384 g/mol. The van der Waals surface area contributed by atoms with Gasteiger partial charge in [-0.25, -0.2) is 0 Å². The molecule has 3 fully saturated rings. The van der Waals surface area contributed by atoms with Gasteiger partial charge in [0.25, 0.3) is 0 Å². The molecule has 3 heteroatoms. The Balaban J connectivity index is 1.08. The fraction of sp³-hybridized carbons (Fsp3) is 0.760. The van der Waals surface area contributed by atoms with Gasteiger partial charge in [0.05, 0.1) is 6.61 Å². The Bertz CT molecular complexity index is 581. The van der Waals surface area contributed by atoms with E-state index < -0.39 is 0 Å². The van der Waals surface area contributed by atoms with Crippen LogP contribution in [0.25, 0.3) is 0 Å². The molecule has 0 bridgehead atoms. The van der Waals surface area contributed by atoms with Gasteiger partial charge in [0.15, 0.2) is 0 Å². The van der Waals surface area contributed by atoms with Gasteiger partial charge in [-0.15, -0.1) is 0 Å². The molecule has 0 radical (unpaired) electrons. The van der Waals surface area contributed by atoms with Gasteiger partial charge >= 0.3 is 0 Å². The van der Waals surface area contributed by atoms with Crippen molar-refractivity contribution in [3.8, 4) is 0 Å². The van der Waals surface area contributed by atoms with Crippen LogP contribution >= 0.6 is 0 Å². The maximum absolute atomic E-state index is 6.04. The quantitative estimate of drug-likeness (QED) is 0.554. The van der Waals surface area contributed by atoms with E-state index in [1.165, 1.54) is 76.0 Å². The zero-order valence-electron chi connectivity index (χ0n) is 18.1. The Morgan fingerprint density at radius 2 is 1.61 bits per heavy atom. The SMILES string of the molecule is CC(C)Cc1ccc(CN2C[C@@H]3[C@H](COCCCN4CCCCC4)[C@@H]3C2)cc1. The molecule has 2 aliphatic heterocycles. The van der Waals surface area contributed by atoms with Crippen LogP contribution in [0.5, 0.6) is 0 Å². The molecule has 2 saturated heterocycles. The molecule has 3 atom stereocenters. The maximum atomic E-state index is 6.04. The second kappa shape index (κ2) is 9.73. The molecule has 1 aliphatic carbocycles. The van der Waals surface area contributed by atoms with E-state index in [2.05, 4.69) is 47.9 Å². The van der Waals surface area contributed by atoms with Crippen LogP contribution in [-0.2, 0) is 17.7 Å². The molecule has 28 heavy (non-hydrogen) atoms. The Morgan fingerprint density at radius 1 is 0.929 bits per heavy atom. The minimum absolute atomic E-state index is 0.737. The Kier molecular flexibility index (Phi) is 7.08. The first-order valence-corrected chi connectivity index (χ1v) is 11.8. The number of benzene rings is 1. The highest BCUT2D eigenvalue weighted by molar-refractivity contribution is 5.23. The first-order chi connectivity index (χ1) is 13.7. The van der Waals surface area contributed by atoms with Crippen LogP contribution in [0.1, 0.15) is 50.7 Å². The number of piperidine rings is 2. The first kappa shape index (κ1) is 20.4. The summed E-state index contributed by atoms with van der Waals surface area (Å²) in [5, 5.41) is 0. The molecule has 3 aliphatic rings. The molecular formula is C25H40N2O. The van der Waals surface area contributed by atoms with Crippen molar-refractivity contribution in [2.24, 2.45) is 23.7 Å². The van der Waals surface area contributed by atoms with E-state index in [1.54, 1.807) is 0 Å². The molecule has 3 nitrogen and oxygen atoms in total. The number of fused-ring (bicyclic) bond motifs is 1. The largest absolute Gasteiger partial charge is 0.381 e. The fourth-order valence-corrected chi connectivity index (χ4v) is 5.42. The van der Waals surface area contributed by atoms with Crippen LogP contribution in [0, 0.1) is 23.7 Å². The van der Waals surface area contributed by atoms with E-state index in [0.717, 1.165) is 43.4 Å². The van der Waals surface area contributed by atoms with Crippen LogP contribution in [0.2, 0.25) is 0 Å². The lowest BCUT2D eigenvalue weighted by molar-refractivity contribution is 0.0967. The second-order valence-electron chi connectivity index (χ2n) is 9.93. The number of likely N-dealkylation sites (tertiary alicyclic amines) is 2. The van der Waals surface area contributed by atoms with E-state index in [9.17, 15) is 0 Å². The van der Waals surface area contributed by atoms with Gasteiger partial charge in [-0.2, -0.15) is 0 Å². The molecule has 1 aromatic rings. The average molecular weight is 385 g/mol. The standard InChI is InChI=1S/C25H40N2O/c1-20(2)15-21-7-9-22(10-8-21)16-27-17-23-24(18-27)25(23)19-28-14-6-13-26-11-4-3-5-12-26/h7-10,20,23-25H,3-6,11-19H2,1-2H3/t23-,24+,25-. The lowest BCUT2D eigenvalue weighted by Crippen LogP contribution is -2.31. The van der Waals surface area contributed by atoms with Gasteiger partial charge in [0.1, 0.15) is 0 Å². The molecule has 1 saturated carbocycles. The molecule has 0 unspecified atom stereocenters. The lowest BCUT2D eigenvalue weighted by atomic mass is 10.0. The van der Waals surface area contributed by atoms with E-state index in [-0.39, 0.29) is 0 Å². The third-order valence-electron chi connectivity index (χ3n) is 7.04. The number of hydrogen-bond donors (Lipinski definition) is 0. The van der Waals surface area contributed by atoms with Gasteiger partial charge in [-0.05, 0) is 73.6 Å². The molecule has 0 N–H and O–H groups in total. The van der Waals surface area contributed by atoms with Crippen molar-refractivity contribution in [1.82, 2.24) is 9.80 Å². The molecule has 4 rings (SSSR count). The molecule has 0 aromatic heterocycles. The van der Waals surface area contributed by atoms with Gasteiger partial charge in [0, 0.05) is 32.8 Å². The molecule has 0 spiro atoms. The summed E-state index contributed by atoms with van der Waals surface area (Å²) in [7, 11) is 0. The molecule has 2 heterocycles. The van der Waals surface area contributed by atoms with Crippen LogP contribution in [-0.4, -0.2) is 55.7 Å². The summed E-state index contributed by atoms with van der Waals surface area (Å²) >= 11 is 0. The first-order valence-electron chi connectivity index (χ1n) is 11.8. The van der Waals surface area contributed by atoms with Gasteiger partial charge in [-0.1, -0.05) is 44.5 Å². The van der Waals surface area contributed by atoms with Crippen molar-refractivity contribution in [3.05, 3.63) is 35.4 Å². The van der Waals surface area contributed by atoms with Crippen molar-refractivity contribution >= 4 is 0 Å². The van der Waals surface area contributed by atoms with Gasteiger partial charge in [-0.3, -0.25) is 4.90 Å². The summed E-state index contributed by atoms with van der Waals surface area (Å²) in [5.41, 5.74) is 2.94. The molecule has 1 aromatic carbocycles. The summed E-state index contributed by atoms with van der Waals surface area (Å²) in [6.45, 7) is 14.1. The van der Waals surface area contributed by atoms with Crippen LogP contribution in [0.3, 0.4) is 0 Å². The Morgan fingerprint density at radius 3 is 2.29 bits per heavy atom. The van der Waals surface area contributed by atoms with Crippen molar-refractivity contribution in [1.29, 1.82) is 0 Å². The van der Waals surface area contributed by atoms with Gasteiger partial charge < -0.3 is 9.64 Å². The van der Waals surface area contributed by atoms with Crippen LogP contribution < -0.4 is 0 Å². The van der Waals surface area contributed by atoms with E-state index in [1.807, 2.05) is 0 Å². The number of nitrogens with zero attached hydrogens (tertiary/aromatic N) is 2. The zero-order valence-corrected chi connectivity index (χ0v) is 18.1. The van der Waals surface area contributed by atoms with E-state index in [0.29, 0.717) is 0 Å². The summed E-state index contributed by atoms with van der Waals surface area (Å²) in [6, 6.07) is 9.33. The van der Waals surface area contributed by atoms with Crippen molar-refractivity contribution in [3.63, 3.8) is 0 Å². The maximum Gasteiger partial charge on any atom is 0.0500 e. The van der Waals surface area contributed by atoms with Crippen LogP contribution in [0.15, 0.2) is 24.3 Å². The summed E-state index contributed by atoms with van der Waals surface area (Å²) in [4.78, 5) is 5.27. The van der Waals surface area contributed by atoms with Gasteiger partial charge in [0.2, 0.25) is 0 Å². The number of rotatable bonds is 10. The summed E-state index contributed by atoms with van der Waals surface area (Å²) in [6.07, 6.45) is 6.61. The highest BCUT2D eigenvalue weighted by Crippen LogP contribution is 2.52. The van der Waals surface area contributed by atoms with Crippen molar-refractivity contribution < 1.29 is 4.74 Å². The Labute approximate surface area is 172 Å². The predicted octanol–water partition coefficient (Wildman–Crippen LogP) is 4.46. The number of ether oxygens (including phenoxy) is 1. The highest BCUT2D eigenvalue weighted by atomic mass is 16.5. The molecule has 0 amide bonds. The lowest BCUT2D eigenvalue weighted by Gasteiger charge is -2.26. The minimum Gasteiger partial charge on any atom is -0.381 e. The number of hydrogen-bond acceptors (Lipinski definition) is 3. The topological polar surface area (TPSA) is 15.7 Å². The second-order valence-corrected chi connectivity index (χ2v) is 9.93. The third-order valence-corrected chi connectivity index (χ3v) is 7.04. The Hall–Kier alpha value is -0.900. The average Bonchev–Trinajstić information content (AvgIpc) is 3.14. The highest BCUT2D eigenvalue weighted by Gasteiger charge is 2.55. The third kappa shape index (κ3) is 5.58. The fourth-order valence-electron chi connectivity index (χ4n) is 5.42. The van der Waals surface area contributed by atoms with Crippen LogP contribution in [0.4, 0.5) is 0 Å². The normalized spacial score (nSPS) is 28.0. The van der Waals surface area contributed by atoms with Crippen molar-refractivity contribution in [2.45, 2.75) is 52.5 Å². The predicted molar refractivity (Wildman–Crippen MR) is 116 cm³/mol. The minimum atomic E-state index is 0.737. The zero-order chi connectivity index (χ0) is 19.3. The summed E-state index contributed by atoms with van der Waals surface area (Å²) < 4.78 is 6.04. The molecule has 156 valence electrons. The molecular weight excluding hydrogens is 344 g/mol. The van der Waals surface area contributed by atoms with E-state index in [4.69, 9.17) is 4.74 Å². The van der Waals surface area contributed by atoms with Crippen molar-refractivity contribution in [2.75, 3.05) is 45.9 Å². The summed E-state index contributed by atoms with van der Waals surface area (Å²) in [5.74, 6) is 3.39.